The monoisotopic (exact) mass is 324 g/mol. The minimum atomic E-state index is 0.225. The highest BCUT2D eigenvalue weighted by Crippen LogP contribution is 2.39. The molecule has 2 rings (SSSR count). The van der Waals surface area contributed by atoms with Gasteiger partial charge < -0.3 is 10.6 Å². The fourth-order valence-corrected chi connectivity index (χ4v) is 3.72. The maximum Gasteiger partial charge on any atom is 0.0515 e. The van der Waals surface area contributed by atoms with Crippen molar-refractivity contribution >= 4 is 21.6 Å². The number of benzene rings is 1. The van der Waals surface area contributed by atoms with Gasteiger partial charge >= 0.3 is 0 Å². The third kappa shape index (κ3) is 3.32. The number of hydrogen-bond acceptors (Lipinski definition) is 2. The highest BCUT2D eigenvalue weighted by atomic mass is 79.9. The van der Waals surface area contributed by atoms with E-state index in [1.165, 1.54) is 28.6 Å². The second kappa shape index (κ2) is 5.84. The molecular weight excluding hydrogens is 300 g/mol. The van der Waals surface area contributed by atoms with Crippen LogP contribution in [0, 0.1) is 12.8 Å². The van der Waals surface area contributed by atoms with Crippen molar-refractivity contribution < 1.29 is 0 Å². The molecule has 0 radical (unpaired) electrons. The Hall–Kier alpha value is -0.540. The van der Waals surface area contributed by atoms with Gasteiger partial charge in [0.25, 0.3) is 0 Å². The highest BCUT2D eigenvalue weighted by Gasteiger charge is 2.34. The lowest BCUT2D eigenvalue weighted by Crippen LogP contribution is -2.51. The molecule has 2 nitrogen and oxygen atoms in total. The van der Waals surface area contributed by atoms with Crippen LogP contribution in [0.25, 0.3) is 0 Å². The number of aryl methyl sites for hydroxylation is 1. The molecule has 0 amide bonds. The van der Waals surface area contributed by atoms with Crippen molar-refractivity contribution in [2.75, 3.05) is 18.0 Å². The third-order valence-electron chi connectivity index (χ3n) is 4.30. The Labute approximate surface area is 125 Å². The molecule has 3 heteroatoms. The summed E-state index contributed by atoms with van der Waals surface area (Å²) in [6.45, 7) is 8.74. The molecular formula is C16H25BrN2. The van der Waals surface area contributed by atoms with Crippen molar-refractivity contribution in [2.45, 2.75) is 45.6 Å². The number of nitrogens with two attached hydrogens (primary N) is 1. The summed E-state index contributed by atoms with van der Waals surface area (Å²) in [6, 6.07) is 6.65. The number of halogens is 1. The summed E-state index contributed by atoms with van der Waals surface area (Å²) in [5.74, 6) is 0.728. The Balaban J connectivity index is 2.27. The van der Waals surface area contributed by atoms with Crippen LogP contribution in [-0.4, -0.2) is 18.6 Å². The van der Waals surface area contributed by atoms with E-state index in [-0.39, 0.29) is 5.54 Å². The fourth-order valence-electron chi connectivity index (χ4n) is 3.02. The van der Waals surface area contributed by atoms with Crippen LogP contribution in [0.1, 0.15) is 38.7 Å². The molecule has 0 aromatic heterocycles. The average molecular weight is 325 g/mol. The van der Waals surface area contributed by atoms with Crippen LogP contribution in [0.4, 0.5) is 5.69 Å². The molecule has 0 spiro atoms. The molecule has 1 heterocycles. The second-order valence-electron chi connectivity index (χ2n) is 6.36. The molecule has 106 valence electrons. The Kier molecular flexibility index (Phi) is 4.57. The van der Waals surface area contributed by atoms with Crippen molar-refractivity contribution in [2.24, 2.45) is 11.7 Å². The van der Waals surface area contributed by atoms with E-state index in [2.05, 4.69) is 59.8 Å². The predicted octanol–water partition coefficient (Wildman–Crippen LogP) is 4.10. The zero-order valence-corrected chi connectivity index (χ0v) is 13.8. The first-order valence-corrected chi connectivity index (χ1v) is 7.97. The predicted molar refractivity (Wildman–Crippen MR) is 86.7 cm³/mol. The van der Waals surface area contributed by atoms with Gasteiger partial charge in [-0.15, -0.1) is 0 Å². The first-order chi connectivity index (χ1) is 8.94. The highest BCUT2D eigenvalue weighted by molar-refractivity contribution is 9.10. The lowest BCUT2D eigenvalue weighted by molar-refractivity contribution is 0.282. The smallest absolute Gasteiger partial charge is 0.0515 e. The van der Waals surface area contributed by atoms with Gasteiger partial charge in [-0.3, -0.25) is 0 Å². The fraction of sp³-hybridized carbons (Fsp3) is 0.625. The van der Waals surface area contributed by atoms with Crippen molar-refractivity contribution in [3.8, 4) is 0 Å². The molecule has 1 unspecified atom stereocenters. The summed E-state index contributed by atoms with van der Waals surface area (Å²) in [5.41, 5.74) is 8.57. The normalized spacial score (nSPS) is 22.6. The van der Waals surface area contributed by atoms with Gasteiger partial charge in [-0.05, 0) is 86.1 Å². The van der Waals surface area contributed by atoms with Gasteiger partial charge in [0, 0.05) is 16.6 Å². The number of hydrogen-bond donors (Lipinski definition) is 1. The van der Waals surface area contributed by atoms with E-state index in [9.17, 15) is 0 Å². The average Bonchev–Trinajstić information content (AvgIpc) is 2.32. The van der Waals surface area contributed by atoms with E-state index < -0.39 is 0 Å². The van der Waals surface area contributed by atoms with Crippen molar-refractivity contribution in [3.05, 3.63) is 28.2 Å². The van der Waals surface area contributed by atoms with Crippen molar-refractivity contribution in [3.63, 3.8) is 0 Å². The van der Waals surface area contributed by atoms with Gasteiger partial charge in [0.15, 0.2) is 0 Å². The molecule has 1 atom stereocenters. The van der Waals surface area contributed by atoms with Gasteiger partial charge in [0.05, 0.1) is 5.69 Å². The first kappa shape index (κ1) is 14.9. The van der Waals surface area contributed by atoms with Gasteiger partial charge in [-0.25, -0.2) is 0 Å². The van der Waals surface area contributed by atoms with Crippen LogP contribution in [0.2, 0.25) is 0 Å². The first-order valence-electron chi connectivity index (χ1n) is 7.18. The van der Waals surface area contributed by atoms with E-state index in [0.717, 1.165) is 25.4 Å². The topological polar surface area (TPSA) is 29.3 Å². The zero-order chi connectivity index (χ0) is 14.0. The lowest BCUT2D eigenvalue weighted by Gasteiger charge is -2.47. The molecule has 1 aliphatic rings. The molecule has 1 saturated heterocycles. The standard InChI is InChI=1S/C16H25BrN2/c1-12-4-5-15(14(17)10-12)19-11-13(7-9-18)6-8-16(19,2)3/h4-5,10,13H,6-9,11,18H2,1-3H3. The summed E-state index contributed by atoms with van der Waals surface area (Å²) < 4.78 is 1.20. The second-order valence-corrected chi connectivity index (χ2v) is 7.21. The summed E-state index contributed by atoms with van der Waals surface area (Å²) in [5, 5.41) is 0. The van der Waals surface area contributed by atoms with Crippen LogP contribution in [-0.2, 0) is 0 Å². The summed E-state index contributed by atoms with van der Waals surface area (Å²) in [7, 11) is 0. The SMILES string of the molecule is Cc1ccc(N2CC(CCN)CCC2(C)C)c(Br)c1. The van der Waals surface area contributed by atoms with Gasteiger partial charge in [0.1, 0.15) is 0 Å². The van der Waals surface area contributed by atoms with E-state index >= 15 is 0 Å². The Bertz CT molecular complexity index is 442. The summed E-state index contributed by atoms with van der Waals surface area (Å²) in [6.07, 6.45) is 3.66. The quantitative estimate of drug-likeness (QED) is 0.906. The molecule has 1 aromatic carbocycles. The largest absolute Gasteiger partial charge is 0.365 e. The maximum atomic E-state index is 5.73. The number of piperidine rings is 1. The molecule has 0 aliphatic carbocycles. The maximum absolute atomic E-state index is 5.73. The van der Waals surface area contributed by atoms with E-state index in [4.69, 9.17) is 5.73 Å². The molecule has 0 saturated carbocycles. The third-order valence-corrected chi connectivity index (χ3v) is 4.94. The van der Waals surface area contributed by atoms with E-state index in [0.29, 0.717) is 0 Å². The van der Waals surface area contributed by atoms with Gasteiger partial charge in [-0.2, -0.15) is 0 Å². The van der Waals surface area contributed by atoms with Gasteiger partial charge in [-0.1, -0.05) is 6.07 Å². The van der Waals surface area contributed by atoms with E-state index in [1.807, 2.05) is 0 Å². The number of anilines is 1. The molecule has 1 fully saturated rings. The van der Waals surface area contributed by atoms with Crippen LogP contribution in [0.15, 0.2) is 22.7 Å². The summed E-state index contributed by atoms with van der Waals surface area (Å²) in [4.78, 5) is 2.56. The Morgan fingerprint density at radius 1 is 1.42 bits per heavy atom. The van der Waals surface area contributed by atoms with Crippen LogP contribution in [0.3, 0.4) is 0 Å². The van der Waals surface area contributed by atoms with E-state index in [1.54, 1.807) is 0 Å². The van der Waals surface area contributed by atoms with Crippen LogP contribution < -0.4 is 10.6 Å². The molecule has 19 heavy (non-hydrogen) atoms. The lowest BCUT2D eigenvalue weighted by atomic mass is 9.83. The molecule has 2 N–H and O–H groups in total. The minimum absolute atomic E-state index is 0.225. The molecule has 1 aliphatic heterocycles. The number of rotatable bonds is 3. The minimum Gasteiger partial charge on any atom is -0.365 e. The Morgan fingerprint density at radius 3 is 2.79 bits per heavy atom. The van der Waals surface area contributed by atoms with Crippen molar-refractivity contribution in [1.29, 1.82) is 0 Å². The van der Waals surface area contributed by atoms with Crippen molar-refractivity contribution in [1.82, 2.24) is 0 Å². The zero-order valence-electron chi connectivity index (χ0n) is 12.2. The molecule has 0 bridgehead atoms. The summed E-state index contributed by atoms with van der Waals surface area (Å²) >= 11 is 3.73. The number of nitrogens with zero attached hydrogens (tertiary/aromatic N) is 1. The van der Waals surface area contributed by atoms with Gasteiger partial charge in [0.2, 0.25) is 0 Å². The van der Waals surface area contributed by atoms with Crippen LogP contribution >= 0.6 is 15.9 Å². The Morgan fingerprint density at radius 2 is 2.16 bits per heavy atom. The molecule has 1 aromatic rings. The van der Waals surface area contributed by atoms with Crippen LogP contribution in [0.5, 0.6) is 0 Å².